The molecule has 3 aromatic rings. The molecule has 1 fully saturated rings. The summed E-state index contributed by atoms with van der Waals surface area (Å²) in [6.07, 6.45) is 2.13. The molecule has 5 rings (SSSR count). The van der Waals surface area contributed by atoms with Crippen molar-refractivity contribution in [2.45, 2.75) is 25.8 Å². The zero-order chi connectivity index (χ0) is 22.6. The van der Waals surface area contributed by atoms with Crippen LogP contribution in [0.25, 0.3) is 11.3 Å². The first-order valence-corrected chi connectivity index (χ1v) is 11.2. The average molecular weight is 451 g/mol. The van der Waals surface area contributed by atoms with Crippen LogP contribution in [0.5, 0.6) is 11.5 Å². The smallest absolute Gasteiger partial charge is 0.231 e. The van der Waals surface area contributed by atoms with Crippen molar-refractivity contribution in [2.24, 2.45) is 11.8 Å². The van der Waals surface area contributed by atoms with Gasteiger partial charge in [0.05, 0.1) is 5.69 Å². The average Bonchev–Trinajstić information content (AvgIpc) is 3.49. The molecule has 0 aliphatic carbocycles. The van der Waals surface area contributed by atoms with Crippen molar-refractivity contribution in [2.75, 3.05) is 19.9 Å². The van der Waals surface area contributed by atoms with Gasteiger partial charge < -0.3 is 24.6 Å². The van der Waals surface area contributed by atoms with E-state index in [-0.39, 0.29) is 30.4 Å². The molecule has 33 heavy (non-hydrogen) atoms. The molecular weight excluding hydrogens is 425 g/mol. The van der Waals surface area contributed by atoms with E-state index in [0.717, 1.165) is 48.5 Å². The molecule has 2 N–H and O–H groups in total. The van der Waals surface area contributed by atoms with Crippen molar-refractivity contribution in [1.29, 1.82) is 0 Å². The molecule has 1 aromatic heterocycles. The number of nitrogens with zero attached hydrogens (tertiary/aromatic N) is 1. The quantitative estimate of drug-likeness (QED) is 0.570. The predicted octanol–water partition coefficient (Wildman–Crippen LogP) is 3.68. The van der Waals surface area contributed by atoms with Crippen LogP contribution in [0.15, 0.2) is 53.1 Å². The highest BCUT2D eigenvalue weighted by Gasteiger charge is 2.28. The van der Waals surface area contributed by atoms with Gasteiger partial charge in [-0.15, -0.1) is 0 Å². The van der Waals surface area contributed by atoms with Gasteiger partial charge in [-0.05, 0) is 79.7 Å². The molecule has 0 radical (unpaired) electrons. The Labute approximate surface area is 191 Å². The minimum absolute atomic E-state index is 0.0386. The Kier molecular flexibility index (Phi) is 6.26. The lowest BCUT2D eigenvalue weighted by Gasteiger charge is -2.31. The largest absolute Gasteiger partial charge is 0.454 e. The number of nitrogens with one attached hydrogen (secondary N) is 2. The van der Waals surface area contributed by atoms with Crippen molar-refractivity contribution in [3.63, 3.8) is 0 Å². The van der Waals surface area contributed by atoms with E-state index >= 15 is 0 Å². The monoisotopic (exact) mass is 451 g/mol. The fraction of sp³-hybridized carbons (Fsp3) is 0.360. The maximum Gasteiger partial charge on any atom is 0.231 e. The molecule has 0 bridgehead atoms. The first-order valence-electron chi connectivity index (χ1n) is 11.2. The van der Waals surface area contributed by atoms with E-state index in [1.807, 2.05) is 24.3 Å². The SMILES string of the molecule is O=C(CC1CCNCC1Cc1cc(-c2ccc(F)cc2)on1)NCc1ccc2c(c1)OCO2. The van der Waals surface area contributed by atoms with Gasteiger partial charge >= 0.3 is 0 Å². The maximum atomic E-state index is 13.2. The molecule has 2 unspecified atom stereocenters. The fourth-order valence-corrected chi connectivity index (χ4v) is 4.47. The van der Waals surface area contributed by atoms with E-state index in [0.29, 0.717) is 24.5 Å². The summed E-state index contributed by atoms with van der Waals surface area (Å²) in [6.45, 7) is 2.42. The summed E-state index contributed by atoms with van der Waals surface area (Å²) in [5.41, 5.74) is 2.61. The number of fused-ring (bicyclic) bond motifs is 1. The number of piperidine rings is 1. The number of carbonyl (C=O) groups excluding carboxylic acids is 1. The Morgan fingerprint density at radius 1 is 1.09 bits per heavy atom. The summed E-state index contributed by atoms with van der Waals surface area (Å²) in [5.74, 6) is 2.36. The summed E-state index contributed by atoms with van der Waals surface area (Å²) >= 11 is 0. The number of carbonyl (C=O) groups is 1. The van der Waals surface area contributed by atoms with Crippen molar-refractivity contribution in [3.05, 3.63) is 65.6 Å². The van der Waals surface area contributed by atoms with Gasteiger partial charge in [-0.2, -0.15) is 0 Å². The van der Waals surface area contributed by atoms with Crippen LogP contribution < -0.4 is 20.1 Å². The molecule has 2 aromatic carbocycles. The van der Waals surface area contributed by atoms with Crippen LogP contribution in [0.2, 0.25) is 0 Å². The molecule has 3 heterocycles. The van der Waals surface area contributed by atoms with Gasteiger partial charge in [-0.3, -0.25) is 4.79 Å². The van der Waals surface area contributed by atoms with Gasteiger partial charge in [0.1, 0.15) is 5.82 Å². The van der Waals surface area contributed by atoms with E-state index in [1.54, 1.807) is 12.1 Å². The van der Waals surface area contributed by atoms with E-state index in [4.69, 9.17) is 14.0 Å². The van der Waals surface area contributed by atoms with Gasteiger partial charge in [0, 0.05) is 24.6 Å². The van der Waals surface area contributed by atoms with Crippen molar-refractivity contribution >= 4 is 5.91 Å². The third-order valence-corrected chi connectivity index (χ3v) is 6.30. The minimum atomic E-state index is -0.286. The van der Waals surface area contributed by atoms with Crippen LogP contribution in [0.4, 0.5) is 4.39 Å². The Morgan fingerprint density at radius 3 is 2.82 bits per heavy atom. The minimum Gasteiger partial charge on any atom is -0.454 e. The number of halogens is 1. The molecule has 2 aliphatic rings. The normalized spacial score (nSPS) is 19.4. The standard InChI is InChI=1S/C25H26FN3O4/c26-20-4-2-17(3-5-20)23-12-21(29-33-23)10-19-14-27-8-7-18(19)11-25(30)28-13-16-1-6-22-24(9-16)32-15-31-22/h1-6,9,12,18-19,27H,7-8,10-11,13-15H2,(H,28,30). The van der Waals surface area contributed by atoms with Crippen molar-refractivity contribution in [1.82, 2.24) is 15.8 Å². The topological polar surface area (TPSA) is 85.6 Å². The van der Waals surface area contributed by atoms with Gasteiger partial charge in [0.2, 0.25) is 12.7 Å². The number of amides is 1. The lowest BCUT2D eigenvalue weighted by molar-refractivity contribution is -0.122. The molecule has 1 amide bonds. The number of hydrogen-bond acceptors (Lipinski definition) is 6. The second-order valence-corrected chi connectivity index (χ2v) is 8.57. The summed E-state index contributed by atoms with van der Waals surface area (Å²) < 4.78 is 29.4. The molecule has 8 heteroatoms. The van der Waals surface area contributed by atoms with Crippen LogP contribution in [0.1, 0.15) is 24.1 Å². The summed E-state index contributed by atoms with van der Waals surface area (Å²) in [4.78, 5) is 12.7. The number of rotatable bonds is 7. The molecule has 7 nitrogen and oxygen atoms in total. The molecular formula is C25H26FN3O4. The zero-order valence-electron chi connectivity index (χ0n) is 18.2. The summed E-state index contributed by atoms with van der Waals surface area (Å²) in [5, 5.41) is 10.7. The van der Waals surface area contributed by atoms with E-state index in [1.165, 1.54) is 12.1 Å². The van der Waals surface area contributed by atoms with Gasteiger partial charge in [0.15, 0.2) is 17.3 Å². The maximum absolute atomic E-state index is 13.2. The zero-order valence-corrected chi connectivity index (χ0v) is 18.2. The van der Waals surface area contributed by atoms with E-state index in [9.17, 15) is 9.18 Å². The van der Waals surface area contributed by atoms with E-state index < -0.39 is 0 Å². The summed E-state index contributed by atoms with van der Waals surface area (Å²) in [7, 11) is 0. The predicted molar refractivity (Wildman–Crippen MR) is 119 cm³/mol. The molecule has 0 spiro atoms. The third kappa shape index (κ3) is 5.17. The van der Waals surface area contributed by atoms with Crippen LogP contribution in [-0.4, -0.2) is 30.9 Å². The molecule has 2 atom stereocenters. The van der Waals surface area contributed by atoms with Crippen LogP contribution in [0.3, 0.4) is 0 Å². The lowest BCUT2D eigenvalue weighted by atomic mass is 9.81. The summed E-state index contributed by atoms with van der Waals surface area (Å²) in [6, 6.07) is 13.8. The fourth-order valence-electron chi connectivity index (χ4n) is 4.47. The van der Waals surface area contributed by atoms with Crippen molar-refractivity contribution < 1.29 is 23.2 Å². The van der Waals surface area contributed by atoms with Crippen molar-refractivity contribution in [3.8, 4) is 22.8 Å². The molecule has 1 saturated heterocycles. The number of hydrogen-bond donors (Lipinski definition) is 2. The Balaban J connectivity index is 1.17. The molecule has 2 aliphatic heterocycles. The van der Waals surface area contributed by atoms with Crippen LogP contribution >= 0.6 is 0 Å². The van der Waals surface area contributed by atoms with E-state index in [2.05, 4.69) is 15.8 Å². The van der Waals surface area contributed by atoms with Gasteiger partial charge in [0.25, 0.3) is 0 Å². The van der Waals surface area contributed by atoms with Gasteiger partial charge in [-0.25, -0.2) is 4.39 Å². The number of ether oxygens (including phenoxy) is 2. The highest BCUT2D eigenvalue weighted by atomic mass is 19.1. The second kappa shape index (κ2) is 9.62. The first-order chi connectivity index (χ1) is 16.1. The molecule has 172 valence electrons. The Hall–Kier alpha value is -3.39. The number of benzene rings is 2. The third-order valence-electron chi connectivity index (χ3n) is 6.30. The number of aromatic nitrogens is 1. The van der Waals surface area contributed by atoms with Crippen LogP contribution in [0, 0.1) is 17.7 Å². The second-order valence-electron chi connectivity index (χ2n) is 8.57. The van der Waals surface area contributed by atoms with Gasteiger partial charge in [-0.1, -0.05) is 11.2 Å². The highest BCUT2D eigenvalue weighted by Crippen LogP contribution is 2.32. The molecule has 0 saturated carbocycles. The van der Waals surface area contributed by atoms with Crippen LogP contribution in [-0.2, 0) is 17.8 Å². The highest BCUT2D eigenvalue weighted by molar-refractivity contribution is 5.76. The Morgan fingerprint density at radius 2 is 1.94 bits per heavy atom. The first kappa shape index (κ1) is 21.5. The Bertz CT molecular complexity index is 1120. The lowest BCUT2D eigenvalue weighted by Crippen LogP contribution is -2.40.